The lowest BCUT2D eigenvalue weighted by Gasteiger charge is -2.14. The van der Waals surface area contributed by atoms with Gasteiger partial charge in [-0.2, -0.15) is 18.3 Å². The van der Waals surface area contributed by atoms with Crippen LogP contribution >= 0.6 is 11.8 Å². The number of rotatable bonds is 3. The Labute approximate surface area is 135 Å². The molecule has 0 saturated carbocycles. The SMILES string of the molecule is CCc1cccc2c(C3=NNC(=NCC(F)(F)F)SC3)c[nH]c12. The fourth-order valence-corrected chi connectivity index (χ4v) is 3.21. The molecule has 2 heterocycles. The highest BCUT2D eigenvalue weighted by Crippen LogP contribution is 2.25. The van der Waals surface area contributed by atoms with Crippen LogP contribution in [-0.2, 0) is 6.42 Å². The van der Waals surface area contributed by atoms with Crippen LogP contribution in [0.3, 0.4) is 0 Å². The number of hydrogen-bond acceptors (Lipinski definition) is 3. The number of benzene rings is 1. The Kier molecular flexibility index (Phi) is 4.34. The Balaban J connectivity index is 1.83. The Morgan fingerprint density at radius 1 is 1.35 bits per heavy atom. The van der Waals surface area contributed by atoms with E-state index in [4.69, 9.17) is 0 Å². The van der Waals surface area contributed by atoms with Crippen LogP contribution in [0, 0.1) is 0 Å². The molecule has 1 aromatic heterocycles. The van der Waals surface area contributed by atoms with Crippen LogP contribution in [0.5, 0.6) is 0 Å². The van der Waals surface area contributed by atoms with Crippen molar-refractivity contribution < 1.29 is 13.2 Å². The second-order valence-electron chi connectivity index (χ2n) is 5.09. The van der Waals surface area contributed by atoms with Gasteiger partial charge in [-0.3, -0.25) is 10.4 Å². The maximum absolute atomic E-state index is 12.2. The normalized spacial score (nSPS) is 17.4. The van der Waals surface area contributed by atoms with Crippen molar-refractivity contribution in [1.29, 1.82) is 0 Å². The third-order valence-electron chi connectivity index (χ3n) is 3.53. The van der Waals surface area contributed by atoms with Crippen LogP contribution in [0.25, 0.3) is 10.9 Å². The number of H-pyrrole nitrogens is 1. The first kappa shape index (κ1) is 15.9. The number of nitrogens with one attached hydrogen (secondary N) is 2. The highest BCUT2D eigenvalue weighted by atomic mass is 32.2. The number of halogens is 3. The number of amidine groups is 1. The lowest BCUT2D eigenvalue weighted by Crippen LogP contribution is -2.26. The zero-order valence-electron chi connectivity index (χ0n) is 12.4. The van der Waals surface area contributed by atoms with E-state index in [2.05, 4.69) is 33.5 Å². The summed E-state index contributed by atoms with van der Waals surface area (Å²) in [4.78, 5) is 6.75. The molecule has 23 heavy (non-hydrogen) atoms. The molecule has 0 unspecified atom stereocenters. The van der Waals surface area contributed by atoms with Crippen molar-refractivity contribution in [3.8, 4) is 0 Å². The molecule has 1 aliphatic heterocycles. The first-order chi connectivity index (χ1) is 11.0. The molecule has 0 saturated heterocycles. The number of aromatic amines is 1. The third-order valence-corrected chi connectivity index (χ3v) is 4.44. The quantitative estimate of drug-likeness (QED) is 0.895. The third kappa shape index (κ3) is 3.52. The van der Waals surface area contributed by atoms with Gasteiger partial charge in [-0.15, -0.1) is 0 Å². The van der Waals surface area contributed by atoms with Gasteiger partial charge in [0.05, 0.1) is 5.71 Å². The summed E-state index contributed by atoms with van der Waals surface area (Å²) in [5.74, 6) is 0.479. The maximum atomic E-state index is 12.2. The van der Waals surface area contributed by atoms with Gasteiger partial charge in [0.2, 0.25) is 0 Å². The molecule has 8 heteroatoms. The van der Waals surface area contributed by atoms with E-state index in [0.717, 1.165) is 28.6 Å². The Bertz CT molecular complexity index is 777. The van der Waals surface area contributed by atoms with E-state index in [-0.39, 0.29) is 5.17 Å². The first-order valence-corrected chi connectivity index (χ1v) is 8.12. The van der Waals surface area contributed by atoms with E-state index in [1.54, 1.807) is 0 Å². The van der Waals surface area contributed by atoms with Crippen molar-refractivity contribution in [2.24, 2.45) is 10.1 Å². The summed E-state index contributed by atoms with van der Waals surface area (Å²) in [6.45, 7) is 0.897. The number of hydrazone groups is 1. The molecule has 1 aliphatic rings. The molecule has 0 radical (unpaired) electrons. The summed E-state index contributed by atoms with van der Waals surface area (Å²) < 4.78 is 36.5. The molecule has 0 spiro atoms. The number of para-hydroxylation sites is 1. The average Bonchev–Trinajstić information content (AvgIpc) is 2.96. The summed E-state index contributed by atoms with van der Waals surface area (Å²) in [5, 5.41) is 5.45. The minimum Gasteiger partial charge on any atom is -0.360 e. The van der Waals surface area contributed by atoms with E-state index in [1.165, 1.54) is 17.3 Å². The second kappa shape index (κ2) is 6.27. The molecule has 0 aliphatic carbocycles. The molecule has 0 fully saturated rings. The molecule has 122 valence electrons. The Morgan fingerprint density at radius 3 is 2.83 bits per heavy atom. The predicted octanol–water partition coefficient (Wildman–Crippen LogP) is 3.69. The summed E-state index contributed by atoms with van der Waals surface area (Å²) in [5.41, 5.74) is 6.66. The van der Waals surface area contributed by atoms with Gasteiger partial charge >= 0.3 is 6.18 Å². The zero-order chi connectivity index (χ0) is 16.4. The molecule has 0 bridgehead atoms. The predicted molar refractivity (Wildman–Crippen MR) is 88.2 cm³/mol. The number of alkyl halides is 3. The van der Waals surface area contributed by atoms with Crippen molar-refractivity contribution in [2.45, 2.75) is 19.5 Å². The number of aliphatic imine (C=N–C) groups is 1. The fraction of sp³-hybridized carbons (Fsp3) is 0.333. The lowest BCUT2D eigenvalue weighted by atomic mass is 10.1. The molecular weight excluding hydrogens is 325 g/mol. The molecular formula is C15H15F3N4S. The number of hydrogen-bond donors (Lipinski definition) is 2. The topological polar surface area (TPSA) is 52.5 Å². The summed E-state index contributed by atoms with van der Waals surface area (Å²) >= 11 is 1.22. The van der Waals surface area contributed by atoms with Gasteiger partial charge in [0.15, 0.2) is 5.17 Å². The monoisotopic (exact) mass is 340 g/mol. The minimum absolute atomic E-state index is 0.195. The molecule has 2 aromatic rings. The van der Waals surface area contributed by atoms with Gasteiger partial charge in [0, 0.05) is 28.4 Å². The zero-order valence-corrected chi connectivity index (χ0v) is 13.2. The molecule has 4 nitrogen and oxygen atoms in total. The molecule has 3 rings (SSSR count). The van der Waals surface area contributed by atoms with Crippen LogP contribution in [0.15, 0.2) is 34.5 Å². The van der Waals surface area contributed by atoms with Crippen LogP contribution in [0.2, 0.25) is 0 Å². The fourth-order valence-electron chi connectivity index (χ4n) is 2.45. The van der Waals surface area contributed by atoms with E-state index < -0.39 is 12.7 Å². The number of aromatic nitrogens is 1. The number of fused-ring (bicyclic) bond motifs is 1. The van der Waals surface area contributed by atoms with Crippen LogP contribution in [0.1, 0.15) is 18.1 Å². The van der Waals surface area contributed by atoms with Gasteiger partial charge in [0.1, 0.15) is 6.54 Å². The largest absolute Gasteiger partial charge is 0.408 e. The van der Waals surface area contributed by atoms with Gasteiger partial charge in [-0.1, -0.05) is 36.9 Å². The number of thioether (sulfide) groups is 1. The van der Waals surface area contributed by atoms with Crippen molar-refractivity contribution in [2.75, 3.05) is 12.3 Å². The molecule has 2 N–H and O–H groups in total. The first-order valence-electron chi connectivity index (χ1n) is 7.14. The van der Waals surface area contributed by atoms with Gasteiger partial charge in [-0.05, 0) is 12.0 Å². The molecule has 0 atom stereocenters. The van der Waals surface area contributed by atoms with Gasteiger partial charge in [-0.25, -0.2) is 0 Å². The minimum atomic E-state index is -4.30. The highest BCUT2D eigenvalue weighted by molar-refractivity contribution is 8.14. The van der Waals surface area contributed by atoms with Crippen molar-refractivity contribution >= 4 is 33.5 Å². The van der Waals surface area contributed by atoms with E-state index in [9.17, 15) is 13.2 Å². The summed E-state index contributed by atoms with van der Waals surface area (Å²) in [6, 6.07) is 6.08. The van der Waals surface area contributed by atoms with Crippen LogP contribution in [0.4, 0.5) is 13.2 Å². The van der Waals surface area contributed by atoms with Gasteiger partial charge in [0.25, 0.3) is 0 Å². The van der Waals surface area contributed by atoms with Crippen molar-refractivity contribution in [1.82, 2.24) is 10.4 Å². The summed E-state index contributed by atoms with van der Waals surface area (Å²) in [6.07, 6.45) is -1.49. The van der Waals surface area contributed by atoms with E-state index >= 15 is 0 Å². The average molecular weight is 340 g/mol. The van der Waals surface area contributed by atoms with Crippen LogP contribution < -0.4 is 5.43 Å². The number of aryl methyl sites for hydroxylation is 1. The Hall–Kier alpha value is -1.96. The molecule has 1 aromatic carbocycles. The van der Waals surface area contributed by atoms with Crippen molar-refractivity contribution in [3.63, 3.8) is 0 Å². The highest BCUT2D eigenvalue weighted by Gasteiger charge is 2.27. The van der Waals surface area contributed by atoms with Gasteiger partial charge < -0.3 is 4.98 Å². The second-order valence-corrected chi connectivity index (χ2v) is 6.06. The van der Waals surface area contributed by atoms with E-state index in [1.807, 2.05) is 18.3 Å². The maximum Gasteiger partial charge on any atom is 0.408 e. The van der Waals surface area contributed by atoms with E-state index in [0.29, 0.717) is 5.75 Å². The van der Waals surface area contributed by atoms with Crippen LogP contribution in [-0.4, -0.2) is 34.3 Å². The summed E-state index contributed by atoms with van der Waals surface area (Å²) in [7, 11) is 0. The molecule has 0 amide bonds. The standard InChI is InChI=1S/C15H15F3N4S/c1-2-9-4-3-5-10-11(6-19-13(9)10)12-7-23-14(22-21-12)20-8-15(16,17)18/h3-6,19H,2,7-8H2,1H3,(H,20,22). The number of nitrogens with zero attached hydrogens (tertiary/aromatic N) is 2. The van der Waals surface area contributed by atoms with Crippen molar-refractivity contribution in [3.05, 3.63) is 35.5 Å². The smallest absolute Gasteiger partial charge is 0.360 e. The Morgan fingerprint density at radius 2 is 2.17 bits per heavy atom. The lowest BCUT2D eigenvalue weighted by molar-refractivity contribution is -0.118.